The van der Waals surface area contributed by atoms with E-state index in [0.29, 0.717) is 30.2 Å². The van der Waals surface area contributed by atoms with Crippen LogP contribution in [0.15, 0.2) is 79.9 Å². The molecule has 222 valence electrons. The minimum Gasteiger partial charge on any atom is -0.395 e. The van der Waals surface area contributed by atoms with Crippen LogP contribution in [0, 0.1) is 17.8 Å². The second-order valence-corrected chi connectivity index (χ2v) is 12.1. The predicted molar refractivity (Wildman–Crippen MR) is 162 cm³/mol. The Hall–Kier alpha value is -3.46. The molecule has 9 heteroatoms. The SMILES string of the molecule is C=CCN(Cc1ccccc1)C(=O)[C@H]1[C@H]2C(=O)N(CCO)C(C(=O)N(CC=C)c3ccc(Cl)cc3)C23CC(C)[C@]1(C)O3. The largest absolute Gasteiger partial charge is 0.395 e. The van der Waals surface area contributed by atoms with E-state index in [-0.39, 0.29) is 43.3 Å². The van der Waals surface area contributed by atoms with Gasteiger partial charge in [0.25, 0.3) is 5.91 Å². The number of hydrogen-bond donors (Lipinski definition) is 1. The highest BCUT2D eigenvalue weighted by molar-refractivity contribution is 6.30. The molecule has 1 spiro atoms. The molecule has 3 saturated heterocycles. The van der Waals surface area contributed by atoms with Gasteiger partial charge in [-0.3, -0.25) is 14.4 Å². The number of hydrogen-bond acceptors (Lipinski definition) is 5. The van der Waals surface area contributed by atoms with Crippen LogP contribution >= 0.6 is 11.6 Å². The summed E-state index contributed by atoms with van der Waals surface area (Å²) in [6.07, 6.45) is 3.73. The van der Waals surface area contributed by atoms with Crippen molar-refractivity contribution >= 4 is 35.0 Å². The molecule has 2 aromatic rings. The molecule has 1 N–H and O–H groups in total. The summed E-state index contributed by atoms with van der Waals surface area (Å²) in [4.78, 5) is 47.9. The zero-order valence-electron chi connectivity index (χ0n) is 24.1. The molecule has 0 aliphatic carbocycles. The van der Waals surface area contributed by atoms with Crippen LogP contribution in [0.25, 0.3) is 0 Å². The van der Waals surface area contributed by atoms with Crippen molar-refractivity contribution in [2.45, 2.75) is 44.1 Å². The first-order valence-corrected chi connectivity index (χ1v) is 14.7. The highest BCUT2D eigenvalue weighted by atomic mass is 35.5. The van der Waals surface area contributed by atoms with Crippen molar-refractivity contribution < 1.29 is 24.2 Å². The Kier molecular flexibility index (Phi) is 8.34. The van der Waals surface area contributed by atoms with Crippen LogP contribution in [-0.4, -0.2) is 76.1 Å². The fourth-order valence-electron chi connectivity index (χ4n) is 7.35. The fourth-order valence-corrected chi connectivity index (χ4v) is 7.48. The summed E-state index contributed by atoms with van der Waals surface area (Å²) in [7, 11) is 0. The lowest BCUT2D eigenvalue weighted by atomic mass is 9.62. The van der Waals surface area contributed by atoms with Crippen molar-refractivity contribution in [1.29, 1.82) is 0 Å². The number of ether oxygens (including phenoxy) is 1. The number of nitrogens with zero attached hydrogens (tertiary/aromatic N) is 3. The predicted octanol–water partition coefficient (Wildman–Crippen LogP) is 4.08. The normalized spacial score (nSPS) is 29.3. The van der Waals surface area contributed by atoms with E-state index in [1.165, 1.54) is 4.90 Å². The molecule has 5 rings (SSSR count). The quantitative estimate of drug-likeness (QED) is 0.398. The Morgan fingerprint density at radius 2 is 1.76 bits per heavy atom. The maximum absolute atomic E-state index is 14.5. The Bertz CT molecular complexity index is 1370. The summed E-state index contributed by atoms with van der Waals surface area (Å²) in [6.45, 7) is 12.1. The second-order valence-electron chi connectivity index (χ2n) is 11.7. The molecule has 3 heterocycles. The molecule has 0 radical (unpaired) electrons. The standard InChI is InChI=1S/C33H38ClN3O5/c1-5-16-35(21-23-10-8-7-9-11-23)29(39)26-27-30(40)37(18-19-38)28(33(27)20-22(3)32(26,4)42-33)31(41)36(17-6-2)25-14-12-24(34)13-15-25/h5-15,22,26-28,38H,1-2,16-21H2,3-4H3/t22?,26-,27+,28?,32+,33?/m1/s1. The Morgan fingerprint density at radius 1 is 1.10 bits per heavy atom. The van der Waals surface area contributed by atoms with Gasteiger partial charge in [-0.2, -0.15) is 0 Å². The third kappa shape index (κ3) is 4.75. The molecule has 6 atom stereocenters. The number of rotatable bonds is 11. The van der Waals surface area contributed by atoms with Gasteiger partial charge in [0.1, 0.15) is 11.6 Å². The Morgan fingerprint density at radius 3 is 2.38 bits per heavy atom. The van der Waals surface area contributed by atoms with Crippen LogP contribution in [0.2, 0.25) is 5.02 Å². The molecule has 42 heavy (non-hydrogen) atoms. The van der Waals surface area contributed by atoms with Crippen molar-refractivity contribution in [3.63, 3.8) is 0 Å². The molecule has 3 aliphatic rings. The van der Waals surface area contributed by atoms with E-state index in [4.69, 9.17) is 16.3 Å². The van der Waals surface area contributed by atoms with Gasteiger partial charge in [0.2, 0.25) is 11.8 Å². The number of halogens is 1. The van der Waals surface area contributed by atoms with Crippen molar-refractivity contribution in [2.75, 3.05) is 31.1 Å². The number of fused-ring (bicyclic) bond motifs is 1. The van der Waals surface area contributed by atoms with E-state index < -0.39 is 29.1 Å². The van der Waals surface area contributed by atoms with Gasteiger partial charge in [-0.15, -0.1) is 13.2 Å². The zero-order valence-corrected chi connectivity index (χ0v) is 24.9. The minimum absolute atomic E-state index is 0.0498. The summed E-state index contributed by atoms with van der Waals surface area (Å²) in [5.41, 5.74) is -0.627. The van der Waals surface area contributed by atoms with Crippen LogP contribution in [0.1, 0.15) is 25.8 Å². The van der Waals surface area contributed by atoms with Gasteiger partial charge in [-0.05, 0) is 49.1 Å². The average Bonchev–Trinajstić information content (AvgIpc) is 3.48. The van der Waals surface area contributed by atoms with Crippen LogP contribution in [0.3, 0.4) is 0 Å². The molecule has 3 fully saturated rings. The maximum atomic E-state index is 14.5. The van der Waals surface area contributed by atoms with Gasteiger partial charge < -0.3 is 24.5 Å². The van der Waals surface area contributed by atoms with Gasteiger partial charge in [0, 0.05) is 36.9 Å². The first-order valence-electron chi connectivity index (χ1n) is 14.4. The van der Waals surface area contributed by atoms with E-state index in [9.17, 15) is 19.5 Å². The Balaban J connectivity index is 1.57. The lowest BCUT2D eigenvalue weighted by Gasteiger charge is -2.39. The summed E-state index contributed by atoms with van der Waals surface area (Å²) in [5, 5.41) is 10.5. The van der Waals surface area contributed by atoms with E-state index in [0.717, 1.165) is 5.56 Å². The molecule has 3 aliphatic heterocycles. The molecule has 8 nitrogen and oxygen atoms in total. The van der Waals surface area contributed by atoms with Crippen LogP contribution in [0.4, 0.5) is 5.69 Å². The fraction of sp³-hybridized carbons (Fsp3) is 0.424. The number of benzene rings is 2. The van der Waals surface area contributed by atoms with Crippen molar-refractivity contribution in [3.8, 4) is 0 Å². The summed E-state index contributed by atoms with van der Waals surface area (Å²) in [6, 6.07) is 15.5. The van der Waals surface area contributed by atoms with E-state index in [2.05, 4.69) is 13.2 Å². The first-order chi connectivity index (χ1) is 20.1. The van der Waals surface area contributed by atoms with Gasteiger partial charge in [0.15, 0.2) is 0 Å². The van der Waals surface area contributed by atoms with Crippen molar-refractivity contribution in [1.82, 2.24) is 9.80 Å². The zero-order chi connectivity index (χ0) is 30.2. The monoisotopic (exact) mass is 591 g/mol. The van der Waals surface area contributed by atoms with Crippen LogP contribution in [0.5, 0.6) is 0 Å². The molecule has 2 bridgehead atoms. The highest BCUT2D eigenvalue weighted by Crippen LogP contribution is 2.65. The van der Waals surface area contributed by atoms with E-state index in [1.807, 2.05) is 44.2 Å². The van der Waals surface area contributed by atoms with E-state index >= 15 is 0 Å². The third-order valence-electron chi connectivity index (χ3n) is 9.25. The topological polar surface area (TPSA) is 90.4 Å². The number of carbonyl (C=O) groups is 3. The molecule has 0 saturated carbocycles. The molecular weight excluding hydrogens is 554 g/mol. The second kappa shape index (κ2) is 11.7. The van der Waals surface area contributed by atoms with Crippen LogP contribution < -0.4 is 4.90 Å². The number of amides is 3. The number of likely N-dealkylation sites (tertiary alicyclic amines) is 1. The lowest BCUT2D eigenvalue weighted by Crippen LogP contribution is -2.57. The van der Waals surface area contributed by atoms with Gasteiger partial charge >= 0.3 is 0 Å². The summed E-state index contributed by atoms with van der Waals surface area (Å²) in [5.74, 6) is -2.68. The summed E-state index contributed by atoms with van der Waals surface area (Å²) >= 11 is 6.12. The number of carbonyl (C=O) groups excluding carboxylic acids is 3. The number of anilines is 1. The van der Waals surface area contributed by atoms with Gasteiger partial charge in [0.05, 0.1) is 24.0 Å². The molecular formula is C33H38ClN3O5. The number of aliphatic hydroxyl groups is 1. The van der Waals surface area contributed by atoms with Gasteiger partial charge in [-0.25, -0.2) is 0 Å². The molecule has 3 amide bonds. The van der Waals surface area contributed by atoms with E-state index in [1.54, 1.807) is 46.2 Å². The maximum Gasteiger partial charge on any atom is 0.253 e. The van der Waals surface area contributed by atoms with Crippen molar-refractivity contribution in [2.24, 2.45) is 17.8 Å². The van der Waals surface area contributed by atoms with Crippen molar-refractivity contribution in [3.05, 3.63) is 90.5 Å². The number of β-amino-alcohol motifs (C(OH)–C–C–N with tert-alkyl or cyclic N) is 1. The molecule has 3 unspecified atom stereocenters. The smallest absolute Gasteiger partial charge is 0.253 e. The first kappa shape index (κ1) is 30.0. The Labute approximate surface area is 252 Å². The molecule has 2 aromatic carbocycles. The van der Waals surface area contributed by atoms with Gasteiger partial charge in [-0.1, -0.05) is 61.0 Å². The lowest BCUT2D eigenvalue weighted by molar-refractivity contribution is -0.152. The highest BCUT2D eigenvalue weighted by Gasteiger charge is 2.80. The average molecular weight is 592 g/mol. The van der Waals surface area contributed by atoms with Crippen LogP contribution in [-0.2, 0) is 25.7 Å². The molecule has 0 aromatic heterocycles. The summed E-state index contributed by atoms with van der Waals surface area (Å²) < 4.78 is 6.85. The number of aliphatic hydroxyl groups excluding tert-OH is 1. The third-order valence-corrected chi connectivity index (χ3v) is 9.50. The minimum atomic E-state index is -1.23.